The van der Waals surface area contributed by atoms with Crippen molar-refractivity contribution in [3.05, 3.63) is 29.8 Å². The number of Topliss-reactive ketones (excluding diaryl/α,β-unsaturated/α-hetero) is 1. The zero-order chi connectivity index (χ0) is 16.9. The van der Waals surface area contributed by atoms with Gasteiger partial charge in [-0.05, 0) is 37.8 Å². The molecule has 4 rings (SSSR count). The zero-order valence-electron chi connectivity index (χ0n) is 14.1. The van der Waals surface area contributed by atoms with Gasteiger partial charge in [-0.2, -0.15) is 0 Å². The number of fused-ring (bicyclic) bond motifs is 3. The fraction of sp³-hybridized carbons (Fsp3) is 0.579. The molecule has 1 spiro atoms. The van der Waals surface area contributed by atoms with Crippen LogP contribution in [0.15, 0.2) is 24.3 Å². The van der Waals surface area contributed by atoms with Gasteiger partial charge in [-0.15, -0.1) is 0 Å². The molecule has 2 aliphatic carbocycles. The highest BCUT2D eigenvalue weighted by molar-refractivity contribution is 6.00. The van der Waals surface area contributed by atoms with Crippen molar-refractivity contribution >= 4 is 11.7 Å². The van der Waals surface area contributed by atoms with E-state index in [2.05, 4.69) is 5.32 Å². The molecule has 3 aliphatic rings. The molecule has 1 amide bonds. The van der Waals surface area contributed by atoms with Gasteiger partial charge in [0.1, 0.15) is 11.4 Å². The molecular formula is C19H23NO4. The van der Waals surface area contributed by atoms with E-state index in [1.54, 1.807) is 7.11 Å². The van der Waals surface area contributed by atoms with Crippen LogP contribution < -0.4 is 10.1 Å². The summed E-state index contributed by atoms with van der Waals surface area (Å²) in [7, 11) is 1.63. The Morgan fingerprint density at radius 1 is 1.46 bits per heavy atom. The van der Waals surface area contributed by atoms with Crippen LogP contribution in [-0.4, -0.2) is 37.0 Å². The number of hydrogen-bond donors (Lipinski definition) is 1. The van der Waals surface area contributed by atoms with E-state index in [0.29, 0.717) is 30.3 Å². The number of hydrogen-bond acceptors (Lipinski definition) is 4. The van der Waals surface area contributed by atoms with Crippen LogP contribution >= 0.6 is 0 Å². The standard InChI is InChI=1S/C19H23NO4/c1-11(10-23-2)20-18(22)16-13-7-8-19(17(13)16)9-14(21)12-5-3-4-6-15(12)24-19/h3-6,11,13,16-17H,7-10H2,1-2H3,(H,20,22)/t11-,13+,16+,17-,19+/m0/s1. The summed E-state index contributed by atoms with van der Waals surface area (Å²) in [6.45, 7) is 2.44. The number of rotatable bonds is 4. The Kier molecular flexibility index (Phi) is 3.64. The Morgan fingerprint density at radius 3 is 3.04 bits per heavy atom. The van der Waals surface area contributed by atoms with Crippen molar-refractivity contribution in [2.24, 2.45) is 17.8 Å². The van der Waals surface area contributed by atoms with E-state index >= 15 is 0 Å². The molecule has 0 aromatic heterocycles. The first-order valence-corrected chi connectivity index (χ1v) is 8.66. The average Bonchev–Trinajstić information content (AvgIpc) is 3.20. The smallest absolute Gasteiger partial charge is 0.224 e. The molecule has 1 aromatic rings. The molecule has 0 unspecified atom stereocenters. The lowest BCUT2D eigenvalue weighted by Gasteiger charge is -2.37. The van der Waals surface area contributed by atoms with Crippen LogP contribution in [0.25, 0.3) is 0 Å². The first kappa shape index (κ1) is 15.6. The monoisotopic (exact) mass is 329 g/mol. The highest BCUT2D eigenvalue weighted by Gasteiger charge is 2.70. The van der Waals surface area contributed by atoms with Gasteiger partial charge in [-0.25, -0.2) is 0 Å². The van der Waals surface area contributed by atoms with Crippen LogP contribution in [0.3, 0.4) is 0 Å². The summed E-state index contributed by atoms with van der Waals surface area (Å²) < 4.78 is 11.4. The minimum absolute atomic E-state index is 0.00518. The third-order valence-corrected chi connectivity index (χ3v) is 5.75. The molecule has 1 heterocycles. The predicted octanol–water partition coefficient (Wildman–Crippen LogP) is 2.20. The molecule has 0 saturated heterocycles. The third kappa shape index (κ3) is 2.34. The van der Waals surface area contributed by atoms with Gasteiger partial charge in [0.2, 0.25) is 5.91 Å². The summed E-state index contributed by atoms with van der Waals surface area (Å²) in [6, 6.07) is 7.43. The summed E-state index contributed by atoms with van der Waals surface area (Å²) in [5.74, 6) is 1.35. The van der Waals surface area contributed by atoms with Crippen LogP contribution in [0.1, 0.15) is 36.5 Å². The van der Waals surface area contributed by atoms with E-state index in [-0.39, 0.29) is 29.6 Å². The lowest BCUT2D eigenvalue weighted by molar-refractivity contribution is -0.125. The van der Waals surface area contributed by atoms with Crippen molar-refractivity contribution in [2.45, 2.75) is 37.8 Å². The minimum atomic E-state index is -0.484. The maximum Gasteiger partial charge on any atom is 0.224 e. The predicted molar refractivity (Wildman–Crippen MR) is 87.9 cm³/mol. The second-order valence-electron chi connectivity index (χ2n) is 7.38. The van der Waals surface area contributed by atoms with Crippen LogP contribution in [0.4, 0.5) is 0 Å². The zero-order valence-corrected chi connectivity index (χ0v) is 14.1. The number of methoxy groups -OCH3 is 1. The second kappa shape index (κ2) is 5.59. The Hall–Kier alpha value is -1.88. The number of para-hydroxylation sites is 1. The number of ketones is 1. The van der Waals surface area contributed by atoms with Crippen molar-refractivity contribution in [2.75, 3.05) is 13.7 Å². The SMILES string of the molecule is COC[C@H](C)NC(=O)[C@@H]1[C@H]2CC[C@@]3(CC(=O)c4ccccc4O3)[C@@H]21. The summed E-state index contributed by atoms with van der Waals surface area (Å²) in [6.07, 6.45) is 2.21. The van der Waals surface area contributed by atoms with Crippen molar-refractivity contribution in [3.63, 3.8) is 0 Å². The van der Waals surface area contributed by atoms with Crippen LogP contribution in [0.5, 0.6) is 5.75 Å². The molecule has 5 heteroatoms. The van der Waals surface area contributed by atoms with Gasteiger partial charge in [0.25, 0.3) is 0 Å². The van der Waals surface area contributed by atoms with E-state index in [9.17, 15) is 9.59 Å². The fourth-order valence-corrected chi connectivity index (χ4v) is 4.75. The van der Waals surface area contributed by atoms with Crippen LogP contribution in [0, 0.1) is 17.8 Å². The van der Waals surface area contributed by atoms with Crippen LogP contribution in [-0.2, 0) is 9.53 Å². The number of ether oxygens (including phenoxy) is 2. The first-order valence-electron chi connectivity index (χ1n) is 8.66. The quantitative estimate of drug-likeness (QED) is 0.920. The summed E-state index contributed by atoms with van der Waals surface area (Å²) in [4.78, 5) is 25.1. The Balaban J connectivity index is 1.51. The maximum atomic E-state index is 12.6. The Morgan fingerprint density at radius 2 is 2.25 bits per heavy atom. The van der Waals surface area contributed by atoms with Gasteiger partial charge < -0.3 is 14.8 Å². The van der Waals surface area contributed by atoms with E-state index in [0.717, 1.165) is 12.8 Å². The van der Waals surface area contributed by atoms with Crippen molar-refractivity contribution in [3.8, 4) is 5.75 Å². The summed E-state index contributed by atoms with van der Waals surface area (Å²) >= 11 is 0. The fourth-order valence-electron chi connectivity index (χ4n) is 4.75. The second-order valence-corrected chi connectivity index (χ2v) is 7.38. The Bertz CT molecular complexity index is 688. The van der Waals surface area contributed by atoms with Crippen molar-refractivity contribution < 1.29 is 19.1 Å². The first-order chi connectivity index (χ1) is 11.6. The molecule has 24 heavy (non-hydrogen) atoms. The lowest BCUT2D eigenvalue weighted by atomic mass is 9.84. The molecule has 5 atom stereocenters. The van der Waals surface area contributed by atoms with Gasteiger partial charge in [0.15, 0.2) is 5.78 Å². The molecule has 1 N–H and O–H groups in total. The van der Waals surface area contributed by atoms with Crippen molar-refractivity contribution in [1.29, 1.82) is 0 Å². The molecule has 2 saturated carbocycles. The average molecular weight is 329 g/mol. The van der Waals surface area contributed by atoms with Gasteiger partial charge in [0, 0.05) is 25.0 Å². The number of carbonyl (C=O) groups is 2. The van der Waals surface area contributed by atoms with Gasteiger partial charge in [-0.3, -0.25) is 9.59 Å². The molecule has 1 aromatic carbocycles. The third-order valence-electron chi connectivity index (χ3n) is 5.75. The molecule has 1 aliphatic heterocycles. The minimum Gasteiger partial charge on any atom is -0.486 e. The normalized spacial score (nSPS) is 34.2. The van der Waals surface area contributed by atoms with E-state index in [1.165, 1.54) is 0 Å². The molecule has 128 valence electrons. The van der Waals surface area contributed by atoms with Crippen molar-refractivity contribution in [1.82, 2.24) is 5.32 Å². The summed E-state index contributed by atoms with van der Waals surface area (Å²) in [5.41, 5.74) is 0.185. The van der Waals surface area contributed by atoms with Gasteiger partial charge in [0.05, 0.1) is 18.6 Å². The lowest BCUT2D eigenvalue weighted by Crippen LogP contribution is -2.45. The number of nitrogens with one attached hydrogen (secondary N) is 1. The molecule has 5 nitrogen and oxygen atoms in total. The molecule has 2 fully saturated rings. The Labute approximate surface area is 141 Å². The van der Waals surface area contributed by atoms with E-state index < -0.39 is 5.60 Å². The molecule has 0 bridgehead atoms. The number of carbonyl (C=O) groups excluding carboxylic acids is 2. The number of benzene rings is 1. The van der Waals surface area contributed by atoms with E-state index in [1.807, 2.05) is 31.2 Å². The topological polar surface area (TPSA) is 64.6 Å². The maximum absolute atomic E-state index is 12.6. The highest BCUT2D eigenvalue weighted by Crippen LogP contribution is 2.65. The summed E-state index contributed by atoms with van der Waals surface area (Å²) in [5, 5.41) is 3.02. The number of amides is 1. The van der Waals surface area contributed by atoms with Gasteiger partial charge >= 0.3 is 0 Å². The van der Waals surface area contributed by atoms with Gasteiger partial charge in [-0.1, -0.05) is 12.1 Å². The molecular weight excluding hydrogens is 306 g/mol. The molecule has 0 radical (unpaired) electrons. The highest BCUT2D eigenvalue weighted by atomic mass is 16.5. The largest absolute Gasteiger partial charge is 0.486 e. The van der Waals surface area contributed by atoms with E-state index in [4.69, 9.17) is 9.47 Å². The van der Waals surface area contributed by atoms with Crippen LogP contribution in [0.2, 0.25) is 0 Å².